The maximum absolute atomic E-state index is 11.7. The zero-order valence-electron chi connectivity index (χ0n) is 16.3. The van der Waals surface area contributed by atoms with Gasteiger partial charge in [-0.25, -0.2) is 4.79 Å². The summed E-state index contributed by atoms with van der Waals surface area (Å²) in [6.07, 6.45) is 1.80. The highest BCUT2D eigenvalue weighted by atomic mass is 35.5. The number of hydrogen-bond acceptors (Lipinski definition) is 5. The predicted octanol–water partition coefficient (Wildman–Crippen LogP) is 4.81. The quantitative estimate of drug-likeness (QED) is 0.528. The average molecular weight is 421 g/mol. The number of carbonyl (C=O) groups excluding carboxylic acids is 1. The van der Waals surface area contributed by atoms with Gasteiger partial charge in [0.2, 0.25) is 0 Å². The lowest BCUT2D eigenvalue weighted by molar-refractivity contribution is 0.0600. The number of esters is 1. The molecular formula is C24H21ClN2O3. The summed E-state index contributed by atoms with van der Waals surface area (Å²) in [6.45, 7) is 0. The van der Waals surface area contributed by atoms with Crippen molar-refractivity contribution in [2.45, 2.75) is 12.2 Å². The number of halogens is 1. The van der Waals surface area contributed by atoms with Crippen LogP contribution in [0.15, 0.2) is 78.9 Å². The summed E-state index contributed by atoms with van der Waals surface area (Å²) in [7, 11) is 1.36. The van der Waals surface area contributed by atoms with Crippen LogP contribution >= 0.6 is 11.6 Å². The van der Waals surface area contributed by atoms with E-state index in [9.17, 15) is 9.90 Å². The lowest BCUT2D eigenvalue weighted by Gasteiger charge is -2.33. The molecule has 152 valence electrons. The normalized spacial score (nSPS) is 18.3. The van der Waals surface area contributed by atoms with Gasteiger partial charge >= 0.3 is 5.97 Å². The molecule has 0 bridgehead atoms. The fourth-order valence-electron chi connectivity index (χ4n) is 3.49. The second-order valence-corrected chi connectivity index (χ2v) is 7.42. The third-order valence-electron chi connectivity index (χ3n) is 5.07. The van der Waals surface area contributed by atoms with E-state index in [1.807, 2.05) is 54.6 Å². The number of rotatable bonds is 4. The topological polar surface area (TPSA) is 70.6 Å². The first kappa shape index (κ1) is 20.0. The van der Waals surface area contributed by atoms with Crippen LogP contribution in [0.2, 0.25) is 5.02 Å². The summed E-state index contributed by atoms with van der Waals surface area (Å²) >= 11 is 6.05. The summed E-state index contributed by atoms with van der Waals surface area (Å²) < 4.78 is 4.78. The summed E-state index contributed by atoms with van der Waals surface area (Å²) in [5.41, 5.74) is 4.12. The Morgan fingerprint density at radius 3 is 2.37 bits per heavy atom. The standard InChI is InChI=1S/C24H21ClN2O3/c1-30-24(29)17-8-6-16(7-9-17)23-26-20(15-10-12-18(25)13-11-15)14-21(27-23)19-4-2-3-5-22(19)28/h2-14,21,23,26-28H,1H3. The molecule has 6 heteroatoms. The van der Waals surface area contributed by atoms with Gasteiger partial charge in [0, 0.05) is 16.3 Å². The molecule has 0 aliphatic carbocycles. The van der Waals surface area contributed by atoms with Gasteiger partial charge in [-0.15, -0.1) is 0 Å². The molecule has 2 unspecified atom stereocenters. The van der Waals surface area contributed by atoms with Crippen LogP contribution in [0.4, 0.5) is 0 Å². The van der Waals surface area contributed by atoms with Crippen molar-refractivity contribution in [3.05, 3.63) is 106 Å². The van der Waals surface area contributed by atoms with Crippen molar-refractivity contribution in [3.8, 4) is 5.75 Å². The van der Waals surface area contributed by atoms with Gasteiger partial charge < -0.3 is 15.2 Å². The maximum atomic E-state index is 11.7. The summed E-state index contributed by atoms with van der Waals surface area (Å²) in [4.78, 5) is 11.7. The van der Waals surface area contributed by atoms with E-state index in [1.165, 1.54) is 7.11 Å². The lowest BCUT2D eigenvalue weighted by Crippen LogP contribution is -2.39. The molecule has 5 nitrogen and oxygen atoms in total. The number of aromatic hydroxyl groups is 1. The molecule has 0 saturated heterocycles. The number of ether oxygens (including phenoxy) is 1. The molecule has 0 fully saturated rings. The van der Waals surface area contributed by atoms with Gasteiger partial charge in [-0.2, -0.15) is 0 Å². The minimum atomic E-state index is -0.375. The van der Waals surface area contributed by atoms with Crippen LogP contribution in [0.5, 0.6) is 5.75 Å². The van der Waals surface area contributed by atoms with Gasteiger partial charge in [0.15, 0.2) is 0 Å². The second kappa shape index (κ2) is 8.61. The van der Waals surface area contributed by atoms with Gasteiger partial charge in [-0.3, -0.25) is 5.32 Å². The van der Waals surface area contributed by atoms with Crippen LogP contribution in [-0.4, -0.2) is 18.2 Å². The Labute approximate surface area is 180 Å². The van der Waals surface area contributed by atoms with Crippen molar-refractivity contribution in [1.29, 1.82) is 0 Å². The van der Waals surface area contributed by atoms with Crippen LogP contribution in [0.1, 0.15) is 39.3 Å². The average Bonchev–Trinajstić information content (AvgIpc) is 2.79. The number of para-hydroxylation sites is 1. The molecule has 3 aromatic carbocycles. The Balaban J connectivity index is 1.70. The smallest absolute Gasteiger partial charge is 0.337 e. The first-order valence-corrected chi connectivity index (χ1v) is 9.89. The van der Waals surface area contributed by atoms with E-state index in [0.29, 0.717) is 10.6 Å². The molecule has 0 aromatic heterocycles. The first-order valence-electron chi connectivity index (χ1n) is 9.51. The molecule has 2 atom stereocenters. The Morgan fingerprint density at radius 2 is 1.70 bits per heavy atom. The predicted molar refractivity (Wildman–Crippen MR) is 117 cm³/mol. The molecular weight excluding hydrogens is 400 g/mol. The molecule has 30 heavy (non-hydrogen) atoms. The van der Waals surface area contributed by atoms with E-state index >= 15 is 0 Å². The van der Waals surface area contributed by atoms with E-state index < -0.39 is 0 Å². The number of carbonyl (C=O) groups is 1. The van der Waals surface area contributed by atoms with E-state index in [4.69, 9.17) is 16.3 Å². The Morgan fingerprint density at radius 1 is 1.00 bits per heavy atom. The molecule has 0 saturated carbocycles. The van der Waals surface area contributed by atoms with Crippen molar-refractivity contribution in [2.75, 3.05) is 7.11 Å². The van der Waals surface area contributed by atoms with Crippen molar-refractivity contribution in [1.82, 2.24) is 10.6 Å². The van der Waals surface area contributed by atoms with Gasteiger partial charge in [-0.1, -0.05) is 54.1 Å². The molecule has 1 aliphatic rings. The third-order valence-corrected chi connectivity index (χ3v) is 5.32. The van der Waals surface area contributed by atoms with E-state index in [1.54, 1.807) is 24.3 Å². The fraction of sp³-hybridized carbons (Fsp3) is 0.125. The van der Waals surface area contributed by atoms with Gasteiger partial charge in [0.05, 0.1) is 18.7 Å². The third kappa shape index (κ3) is 4.17. The Kier molecular flexibility index (Phi) is 5.74. The minimum Gasteiger partial charge on any atom is -0.508 e. The SMILES string of the molecule is COC(=O)c1ccc(C2NC(c3ccc(Cl)cc3)=CC(c3ccccc3O)N2)cc1. The number of phenolic OH excluding ortho intramolecular Hbond substituents is 1. The van der Waals surface area contributed by atoms with Crippen LogP contribution in [0.3, 0.4) is 0 Å². The van der Waals surface area contributed by atoms with E-state index in [-0.39, 0.29) is 23.9 Å². The highest BCUT2D eigenvalue weighted by Gasteiger charge is 2.25. The largest absolute Gasteiger partial charge is 0.508 e. The zero-order chi connectivity index (χ0) is 21.1. The van der Waals surface area contributed by atoms with Crippen molar-refractivity contribution < 1.29 is 14.6 Å². The molecule has 1 aliphatic heterocycles. The van der Waals surface area contributed by atoms with Crippen molar-refractivity contribution >= 4 is 23.3 Å². The van der Waals surface area contributed by atoms with Crippen LogP contribution in [-0.2, 0) is 4.74 Å². The number of hydrogen-bond donors (Lipinski definition) is 3. The highest BCUT2D eigenvalue weighted by Crippen LogP contribution is 2.33. The summed E-state index contributed by atoms with van der Waals surface area (Å²) in [6, 6.07) is 21.9. The molecule has 0 radical (unpaired) electrons. The van der Waals surface area contributed by atoms with Gasteiger partial charge in [0.25, 0.3) is 0 Å². The van der Waals surface area contributed by atoms with Gasteiger partial charge in [0.1, 0.15) is 11.9 Å². The monoisotopic (exact) mass is 420 g/mol. The van der Waals surface area contributed by atoms with Crippen LogP contribution in [0.25, 0.3) is 5.70 Å². The number of benzene rings is 3. The molecule has 0 amide bonds. The number of methoxy groups -OCH3 is 1. The summed E-state index contributed by atoms with van der Waals surface area (Å²) in [5, 5.41) is 18.1. The van der Waals surface area contributed by atoms with Crippen molar-refractivity contribution in [2.24, 2.45) is 0 Å². The molecule has 1 heterocycles. The number of phenols is 1. The Hall–Kier alpha value is -3.28. The zero-order valence-corrected chi connectivity index (χ0v) is 17.1. The first-order chi connectivity index (χ1) is 14.5. The lowest BCUT2D eigenvalue weighted by atomic mass is 9.97. The highest BCUT2D eigenvalue weighted by molar-refractivity contribution is 6.30. The molecule has 4 rings (SSSR count). The van der Waals surface area contributed by atoms with E-state index in [2.05, 4.69) is 10.6 Å². The Bertz CT molecular complexity index is 1080. The fourth-order valence-corrected chi connectivity index (χ4v) is 3.61. The number of nitrogens with one attached hydrogen (secondary N) is 2. The maximum Gasteiger partial charge on any atom is 0.337 e. The second-order valence-electron chi connectivity index (χ2n) is 6.98. The summed E-state index contributed by atoms with van der Waals surface area (Å²) in [5.74, 6) is -0.150. The van der Waals surface area contributed by atoms with Gasteiger partial charge in [-0.05, 0) is 47.5 Å². The molecule has 3 aromatic rings. The van der Waals surface area contributed by atoms with Crippen molar-refractivity contribution in [3.63, 3.8) is 0 Å². The van der Waals surface area contributed by atoms with E-state index in [0.717, 1.165) is 22.4 Å². The molecule has 3 N–H and O–H groups in total. The molecule has 0 spiro atoms. The van der Waals surface area contributed by atoms with Crippen LogP contribution < -0.4 is 10.6 Å². The van der Waals surface area contributed by atoms with Crippen LogP contribution in [0, 0.1) is 0 Å². The minimum absolute atomic E-state index is 0.219.